The summed E-state index contributed by atoms with van der Waals surface area (Å²) in [5.74, 6) is 4.97. The molecule has 0 radical (unpaired) electrons. The molecule has 0 aromatic heterocycles. The summed E-state index contributed by atoms with van der Waals surface area (Å²) < 4.78 is 0. The summed E-state index contributed by atoms with van der Waals surface area (Å²) in [5, 5.41) is 11.7. The van der Waals surface area contributed by atoms with E-state index in [0.717, 1.165) is 0 Å². The van der Waals surface area contributed by atoms with Crippen molar-refractivity contribution < 1.29 is 10.3 Å². The zero-order valence-corrected chi connectivity index (χ0v) is 5.70. The summed E-state index contributed by atoms with van der Waals surface area (Å²) in [7, 11) is 0. The Balaban J connectivity index is 2.91. The highest BCUT2D eigenvalue weighted by atomic mass is 16.5. The summed E-state index contributed by atoms with van der Waals surface area (Å²) in [6.45, 7) is 0. The van der Waals surface area contributed by atoms with Gasteiger partial charge in [0.2, 0.25) is 0 Å². The molecule has 0 heterocycles. The predicted molar refractivity (Wildman–Crippen MR) is 38.6 cm³/mol. The first-order valence-corrected chi connectivity index (χ1v) is 3.02. The first kappa shape index (κ1) is 7.80. The van der Waals surface area contributed by atoms with Gasteiger partial charge in [-0.1, -0.05) is 0 Å². The molecule has 0 aliphatic carbocycles. The standard InChI is InChI=1S/C6H7N3O2/c7-9(11)6-3-1-5(8-10)2-4-6/h1-4,9H,7H2/p+1. The number of nitrogens with one attached hydrogen (secondary N) is 2. The lowest BCUT2D eigenvalue weighted by Gasteiger charge is -2.12. The van der Waals surface area contributed by atoms with E-state index in [9.17, 15) is 10.1 Å². The average Bonchev–Trinajstić information content (AvgIpc) is 2.05. The molecule has 1 unspecified atom stereocenters. The molecule has 1 atom stereocenters. The van der Waals surface area contributed by atoms with Gasteiger partial charge < -0.3 is 5.21 Å². The molecule has 1 rings (SSSR count). The maximum absolute atomic E-state index is 10.5. The van der Waals surface area contributed by atoms with E-state index in [1.54, 1.807) is 5.18 Å². The molecule has 1 aromatic carbocycles. The van der Waals surface area contributed by atoms with E-state index in [0.29, 0.717) is 11.4 Å². The third-order valence-electron chi connectivity index (χ3n) is 1.29. The van der Waals surface area contributed by atoms with E-state index >= 15 is 0 Å². The summed E-state index contributed by atoms with van der Waals surface area (Å²) in [4.78, 5) is 10.0. The van der Waals surface area contributed by atoms with E-state index in [1.807, 2.05) is 0 Å². The third-order valence-corrected chi connectivity index (χ3v) is 1.29. The van der Waals surface area contributed by atoms with Crippen molar-refractivity contribution in [1.82, 2.24) is 0 Å². The highest BCUT2D eigenvalue weighted by molar-refractivity contribution is 5.38. The van der Waals surface area contributed by atoms with Crippen molar-refractivity contribution in [3.8, 4) is 0 Å². The average molecular weight is 154 g/mol. The molecular weight excluding hydrogens is 146 g/mol. The molecule has 0 aliphatic rings. The summed E-state index contributed by atoms with van der Waals surface area (Å²) in [5.41, 5.74) is 0.805. The zero-order valence-electron chi connectivity index (χ0n) is 5.70. The van der Waals surface area contributed by atoms with Gasteiger partial charge >= 0.3 is 0 Å². The fourth-order valence-electron chi connectivity index (χ4n) is 0.703. The quantitative estimate of drug-likeness (QED) is 0.342. The second kappa shape index (κ2) is 3.20. The van der Waals surface area contributed by atoms with Gasteiger partial charge in [0.15, 0.2) is 5.69 Å². The van der Waals surface area contributed by atoms with Crippen LogP contribution in [-0.2, 0) is 0 Å². The van der Waals surface area contributed by atoms with Crippen LogP contribution >= 0.6 is 0 Å². The summed E-state index contributed by atoms with van der Waals surface area (Å²) >= 11 is 0. The molecule has 0 bridgehead atoms. The van der Waals surface area contributed by atoms with Crippen LogP contribution in [0.3, 0.4) is 0 Å². The molecule has 5 heteroatoms. The van der Waals surface area contributed by atoms with Gasteiger partial charge in [-0.15, -0.1) is 0 Å². The molecule has 0 aliphatic heterocycles. The number of quaternary nitrogens is 1. The van der Waals surface area contributed by atoms with E-state index in [-0.39, 0.29) is 0 Å². The van der Waals surface area contributed by atoms with Crippen LogP contribution in [0, 0.1) is 10.1 Å². The minimum Gasteiger partial charge on any atom is -0.608 e. The Kier molecular flexibility index (Phi) is 2.27. The second-order valence-electron chi connectivity index (χ2n) is 2.04. The Hall–Kier alpha value is -1.30. The van der Waals surface area contributed by atoms with Gasteiger partial charge in [0.1, 0.15) is 0 Å². The molecule has 0 fully saturated rings. The number of rotatable bonds is 2. The van der Waals surface area contributed by atoms with Crippen molar-refractivity contribution in [1.29, 1.82) is 0 Å². The number of nitrogens with two attached hydrogens (primary N) is 1. The normalized spacial score (nSPS) is 12.5. The van der Waals surface area contributed by atoms with Crippen LogP contribution in [0.2, 0.25) is 0 Å². The molecule has 5 nitrogen and oxygen atoms in total. The van der Waals surface area contributed by atoms with E-state index in [2.05, 4.69) is 0 Å². The molecule has 4 N–H and O–H groups in total. The summed E-state index contributed by atoms with van der Waals surface area (Å²) in [6, 6.07) is 5.96. The Bertz CT molecular complexity index is 245. The van der Waals surface area contributed by atoms with Crippen LogP contribution in [0.25, 0.3) is 0 Å². The van der Waals surface area contributed by atoms with Gasteiger partial charge in [-0.05, 0) is 0 Å². The number of nitroso groups, excluding NO2 is 1. The molecule has 0 spiro atoms. The Morgan fingerprint density at radius 2 is 1.91 bits per heavy atom. The molecule has 11 heavy (non-hydrogen) atoms. The summed E-state index contributed by atoms with van der Waals surface area (Å²) in [6.07, 6.45) is 0. The number of hydrogen-bond donors (Lipinski definition) is 3. The predicted octanol–water partition coefficient (Wildman–Crippen LogP) is -1.95. The zero-order chi connectivity index (χ0) is 8.27. The van der Waals surface area contributed by atoms with Gasteiger partial charge in [-0.3, -0.25) is 5.17 Å². The van der Waals surface area contributed by atoms with Crippen LogP contribution in [0.5, 0.6) is 0 Å². The van der Waals surface area contributed by atoms with Crippen molar-refractivity contribution in [2.24, 2.45) is 5.84 Å². The van der Waals surface area contributed by atoms with Gasteiger partial charge in [0, 0.05) is 34.3 Å². The van der Waals surface area contributed by atoms with Crippen molar-refractivity contribution in [3.05, 3.63) is 34.4 Å². The van der Waals surface area contributed by atoms with Crippen molar-refractivity contribution in [2.75, 3.05) is 0 Å². The lowest BCUT2D eigenvalue weighted by molar-refractivity contribution is -0.789. The highest BCUT2D eigenvalue weighted by Gasteiger charge is 2.00. The van der Waals surface area contributed by atoms with Crippen LogP contribution < -0.4 is 16.2 Å². The van der Waals surface area contributed by atoms with Crippen LogP contribution in [0.15, 0.2) is 24.3 Å². The maximum Gasteiger partial charge on any atom is 0.253 e. The molecule has 0 saturated carbocycles. The smallest absolute Gasteiger partial charge is 0.253 e. The molecular formula is C6H8N3O2+. The van der Waals surface area contributed by atoms with E-state index < -0.39 is 5.17 Å². The maximum atomic E-state index is 10.5. The van der Waals surface area contributed by atoms with Crippen LogP contribution in [0.1, 0.15) is 0 Å². The lowest BCUT2D eigenvalue weighted by Crippen LogP contribution is -3.08. The van der Waals surface area contributed by atoms with Gasteiger partial charge in [-0.25, -0.2) is 0 Å². The first-order valence-electron chi connectivity index (χ1n) is 3.02. The lowest BCUT2D eigenvalue weighted by atomic mass is 10.3. The molecule has 58 valence electrons. The van der Waals surface area contributed by atoms with E-state index in [1.165, 1.54) is 24.3 Å². The van der Waals surface area contributed by atoms with Gasteiger partial charge in [-0.2, -0.15) is 5.84 Å². The van der Waals surface area contributed by atoms with Crippen molar-refractivity contribution >= 4 is 11.4 Å². The first-order chi connectivity index (χ1) is 5.24. The monoisotopic (exact) mass is 154 g/mol. The second-order valence-corrected chi connectivity index (χ2v) is 2.04. The Morgan fingerprint density at radius 3 is 2.27 bits per heavy atom. The number of benzene rings is 1. The number of nitrogen functional groups attached to an aromatic ring is 1. The van der Waals surface area contributed by atoms with Crippen molar-refractivity contribution in [2.45, 2.75) is 0 Å². The fourth-order valence-corrected chi connectivity index (χ4v) is 0.703. The Labute approximate surface area is 62.9 Å². The minimum atomic E-state index is -0.498. The largest absolute Gasteiger partial charge is 0.608 e. The van der Waals surface area contributed by atoms with Gasteiger partial charge in [0.25, 0.3) is 5.69 Å². The number of hydrogen-bond acceptors (Lipinski definition) is 3. The molecule has 0 amide bonds. The fraction of sp³-hybridized carbons (Fsp3) is 0. The topological polar surface area (TPSA) is 84.6 Å². The van der Waals surface area contributed by atoms with E-state index in [4.69, 9.17) is 5.84 Å². The van der Waals surface area contributed by atoms with Crippen molar-refractivity contribution in [3.63, 3.8) is 0 Å². The van der Waals surface area contributed by atoms with Crippen LogP contribution in [0.4, 0.5) is 11.4 Å². The van der Waals surface area contributed by atoms with Gasteiger partial charge in [0.05, 0.1) is 0 Å². The highest BCUT2D eigenvalue weighted by Crippen LogP contribution is 2.03. The SMILES string of the molecule is N[NH+]([O-])c1ccc([NH+]=O)cc1. The van der Waals surface area contributed by atoms with Crippen LogP contribution in [-0.4, -0.2) is 0 Å². The molecule has 1 aromatic rings. The molecule has 0 saturated heterocycles. The Morgan fingerprint density at radius 1 is 1.36 bits per heavy atom. The third kappa shape index (κ3) is 1.81. The minimum absolute atomic E-state index is 0.393.